The largest absolute Gasteiger partial charge is 0.326 e. The summed E-state index contributed by atoms with van der Waals surface area (Å²) in [5.41, 5.74) is 6.18. The Morgan fingerprint density at radius 1 is 1.31 bits per heavy atom. The summed E-state index contributed by atoms with van der Waals surface area (Å²) >= 11 is 0. The van der Waals surface area contributed by atoms with E-state index in [1.165, 1.54) is 45.6 Å². The van der Waals surface area contributed by atoms with Crippen LogP contribution < -0.4 is 5.73 Å². The lowest BCUT2D eigenvalue weighted by Gasteiger charge is -2.49. The molecule has 0 aromatic heterocycles. The summed E-state index contributed by atoms with van der Waals surface area (Å²) in [5, 5.41) is 0. The molecular formula is C10H21N3. The molecule has 2 atom stereocenters. The van der Waals surface area contributed by atoms with Crippen molar-refractivity contribution in [1.29, 1.82) is 0 Å². The van der Waals surface area contributed by atoms with E-state index in [-0.39, 0.29) is 0 Å². The van der Waals surface area contributed by atoms with Gasteiger partial charge in [-0.3, -0.25) is 9.80 Å². The molecule has 3 nitrogen and oxygen atoms in total. The van der Waals surface area contributed by atoms with Crippen LogP contribution >= 0.6 is 0 Å². The van der Waals surface area contributed by atoms with Crippen molar-refractivity contribution in [1.82, 2.24) is 9.80 Å². The first kappa shape index (κ1) is 9.44. The number of hydrogen-bond donors (Lipinski definition) is 1. The van der Waals surface area contributed by atoms with E-state index in [1.807, 2.05) is 0 Å². The average molecular weight is 183 g/mol. The summed E-state index contributed by atoms with van der Waals surface area (Å²) in [6.45, 7) is 8.42. The smallest absolute Gasteiger partial charge is 0.0375 e. The molecule has 13 heavy (non-hydrogen) atoms. The Hall–Kier alpha value is -0.120. The van der Waals surface area contributed by atoms with Gasteiger partial charge < -0.3 is 5.73 Å². The van der Waals surface area contributed by atoms with Crippen LogP contribution in [0.4, 0.5) is 0 Å². The van der Waals surface area contributed by atoms with Crippen LogP contribution in [0, 0.1) is 0 Å². The highest BCUT2D eigenvalue weighted by Gasteiger charge is 2.34. The molecule has 3 saturated heterocycles. The molecule has 3 heterocycles. The molecule has 3 rings (SSSR count). The normalized spacial score (nSPS) is 40.6. The van der Waals surface area contributed by atoms with Crippen molar-refractivity contribution in [3.8, 4) is 0 Å². The first-order valence-corrected chi connectivity index (χ1v) is 5.53. The van der Waals surface area contributed by atoms with Crippen molar-refractivity contribution in [2.75, 3.05) is 32.7 Å². The Balaban J connectivity index is 1.92. The van der Waals surface area contributed by atoms with Gasteiger partial charge in [0.2, 0.25) is 0 Å². The number of hydrogen-bond acceptors (Lipinski definition) is 3. The van der Waals surface area contributed by atoms with Gasteiger partial charge in [-0.2, -0.15) is 0 Å². The van der Waals surface area contributed by atoms with E-state index in [2.05, 4.69) is 16.7 Å². The van der Waals surface area contributed by atoms with Gasteiger partial charge in [0.1, 0.15) is 0 Å². The maximum atomic E-state index is 6.18. The van der Waals surface area contributed by atoms with Gasteiger partial charge in [0.25, 0.3) is 0 Å². The van der Waals surface area contributed by atoms with Gasteiger partial charge >= 0.3 is 0 Å². The lowest BCUT2D eigenvalue weighted by Crippen LogP contribution is -2.65. The molecule has 3 aliphatic rings. The predicted molar refractivity (Wildman–Crippen MR) is 54.7 cm³/mol. The molecule has 0 aliphatic carbocycles. The molecule has 0 aromatic rings. The van der Waals surface area contributed by atoms with Gasteiger partial charge in [0, 0.05) is 44.8 Å². The topological polar surface area (TPSA) is 32.5 Å². The lowest BCUT2D eigenvalue weighted by molar-refractivity contribution is 0.00135. The van der Waals surface area contributed by atoms with Crippen molar-refractivity contribution in [2.24, 2.45) is 5.73 Å². The van der Waals surface area contributed by atoms with Gasteiger partial charge in [0.05, 0.1) is 0 Å². The summed E-state index contributed by atoms with van der Waals surface area (Å²) in [4.78, 5) is 5.14. The quantitative estimate of drug-likeness (QED) is 0.674. The minimum Gasteiger partial charge on any atom is -0.326 e. The van der Waals surface area contributed by atoms with E-state index in [0.717, 1.165) is 0 Å². The number of piperazine rings is 3. The van der Waals surface area contributed by atoms with E-state index < -0.39 is 0 Å². The van der Waals surface area contributed by atoms with Crippen molar-refractivity contribution in [3.05, 3.63) is 0 Å². The number of rotatable bonds is 3. The van der Waals surface area contributed by atoms with Crippen molar-refractivity contribution >= 4 is 0 Å². The summed E-state index contributed by atoms with van der Waals surface area (Å²) in [7, 11) is 0. The van der Waals surface area contributed by atoms with Crippen molar-refractivity contribution in [2.45, 2.75) is 31.8 Å². The molecule has 2 bridgehead atoms. The van der Waals surface area contributed by atoms with E-state index in [0.29, 0.717) is 12.1 Å². The summed E-state index contributed by atoms with van der Waals surface area (Å²) in [5.74, 6) is 0. The van der Waals surface area contributed by atoms with Crippen LogP contribution in [0.15, 0.2) is 0 Å². The van der Waals surface area contributed by atoms with Gasteiger partial charge in [-0.15, -0.1) is 0 Å². The van der Waals surface area contributed by atoms with Gasteiger partial charge in [-0.1, -0.05) is 13.3 Å². The van der Waals surface area contributed by atoms with Gasteiger partial charge in [-0.05, 0) is 6.42 Å². The third-order valence-corrected chi connectivity index (χ3v) is 3.44. The van der Waals surface area contributed by atoms with Crippen LogP contribution in [0.2, 0.25) is 0 Å². The zero-order chi connectivity index (χ0) is 9.26. The monoisotopic (exact) mass is 183 g/mol. The van der Waals surface area contributed by atoms with Crippen LogP contribution in [0.25, 0.3) is 0 Å². The molecule has 76 valence electrons. The third kappa shape index (κ3) is 1.87. The van der Waals surface area contributed by atoms with E-state index >= 15 is 0 Å². The Labute approximate surface area is 80.9 Å². The standard InChI is InChI=1S/C10H21N3/c1-2-3-9(11)10-8-12-4-6-13(10)7-5-12/h9-10H,2-8,11H2,1H3/t9-,10?/m0/s1. The lowest BCUT2D eigenvalue weighted by atomic mass is 9.97. The van der Waals surface area contributed by atoms with E-state index in [9.17, 15) is 0 Å². The maximum Gasteiger partial charge on any atom is 0.0375 e. The molecule has 0 spiro atoms. The number of fused-ring (bicyclic) bond motifs is 3. The number of nitrogens with zero attached hydrogens (tertiary/aromatic N) is 2. The minimum absolute atomic E-state index is 0.396. The zero-order valence-corrected chi connectivity index (χ0v) is 8.58. The summed E-state index contributed by atoms with van der Waals surface area (Å²) in [6, 6.07) is 1.04. The highest BCUT2D eigenvalue weighted by atomic mass is 15.3. The van der Waals surface area contributed by atoms with Crippen LogP contribution in [-0.2, 0) is 0 Å². The molecule has 0 radical (unpaired) electrons. The Morgan fingerprint density at radius 3 is 2.46 bits per heavy atom. The summed E-state index contributed by atoms with van der Waals surface area (Å²) < 4.78 is 0. The minimum atomic E-state index is 0.396. The van der Waals surface area contributed by atoms with Crippen LogP contribution in [-0.4, -0.2) is 54.6 Å². The first-order chi connectivity index (χ1) is 6.31. The fraction of sp³-hybridized carbons (Fsp3) is 1.00. The van der Waals surface area contributed by atoms with Gasteiger partial charge in [-0.25, -0.2) is 0 Å². The van der Waals surface area contributed by atoms with Crippen LogP contribution in [0.1, 0.15) is 19.8 Å². The molecule has 0 saturated carbocycles. The third-order valence-electron chi connectivity index (χ3n) is 3.44. The second kappa shape index (κ2) is 3.95. The molecule has 1 unspecified atom stereocenters. The molecule has 3 aliphatic heterocycles. The highest BCUT2D eigenvalue weighted by Crippen LogP contribution is 2.19. The molecule has 3 heteroatoms. The summed E-state index contributed by atoms with van der Waals surface area (Å²) in [6.07, 6.45) is 2.39. The molecular weight excluding hydrogens is 162 g/mol. The van der Waals surface area contributed by atoms with Crippen LogP contribution in [0.3, 0.4) is 0 Å². The molecule has 0 amide bonds. The van der Waals surface area contributed by atoms with E-state index in [4.69, 9.17) is 5.73 Å². The molecule has 3 fully saturated rings. The fourth-order valence-corrected chi connectivity index (χ4v) is 2.59. The predicted octanol–water partition coefficient (Wildman–Crippen LogP) is 0.114. The van der Waals surface area contributed by atoms with Crippen molar-refractivity contribution in [3.63, 3.8) is 0 Å². The average Bonchev–Trinajstić information content (AvgIpc) is 2.20. The fourth-order valence-electron chi connectivity index (χ4n) is 2.59. The zero-order valence-electron chi connectivity index (χ0n) is 8.58. The van der Waals surface area contributed by atoms with Gasteiger partial charge in [0.15, 0.2) is 0 Å². The highest BCUT2D eigenvalue weighted by molar-refractivity contribution is 4.93. The Morgan fingerprint density at radius 2 is 2.00 bits per heavy atom. The molecule has 2 N–H and O–H groups in total. The van der Waals surface area contributed by atoms with Crippen LogP contribution in [0.5, 0.6) is 0 Å². The Bertz CT molecular complexity index is 164. The van der Waals surface area contributed by atoms with Crippen molar-refractivity contribution < 1.29 is 0 Å². The molecule has 0 aromatic carbocycles. The van der Waals surface area contributed by atoms with E-state index in [1.54, 1.807) is 0 Å². The second-order valence-corrected chi connectivity index (χ2v) is 4.36. The number of nitrogens with two attached hydrogens (primary N) is 1. The Kier molecular flexibility index (Phi) is 2.86. The first-order valence-electron chi connectivity index (χ1n) is 5.53. The maximum absolute atomic E-state index is 6.18. The SMILES string of the molecule is CCC[C@H](N)C1CN2CCN1CC2. The second-order valence-electron chi connectivity index (χ2n) is 4.36.